The van der Waals surface area contributed by atoms with Gasteiger partial charge in [0.15, 0.2) is 0 Å². The average Bonchev–Trinajstić information content (AvgIpc) is 2.92. The van der Waals surface area contributed by atoms with Gasteiger partial charge in [0, 0.05) is 19.0 Å². The van der Waals surface area contributed by atoms with Crippen LogP contribution in [0.4, 0.5) is 0 Å². The van der Waals surface area contributed by atoms with Crippen LogP contribution in [0.15, 0.2) is 12.1 Å². The van der Waals surface area contributed by atoms with Crippen molar-refractivity contribution in [3.05, 3.63) is 21.9 Å². The molecular weight excluding hydrogens is 260 g/mol. The van der Waals surface area contributed by atoms with Crippen LogP contribution >= 0.6 is 11.3 Å². The second kappa shape index (κ2) is 4.10. The largest absolute Gasteiger partial charge is 0.482 e. The van der Waals surface area contributed by atoms with Crippen molar-refractivity contribution in [2.45, 2.75) is 32.3 Å². The normalized spacial score (nSPS) is 20.6. The van der Waals surface area contributed by atoms with Gasteiger partial charge >= 0.3 is 0 Å². The highest BCUT2D eigenvalue weighted by Gasteiger charge is 2.34. The van der Waals surface area contributed by atoms with Crippen molar-refractivity contribution < 1.29 is 9.53 Å². The zero-order chi connectivity index (χ0) is 13.6. The second-order valence-corrected chi connectivity index (χ2v) is 6.35. The number of rotatable bonds is 1. The molecule has 2 aliphatic rings. The smallest absolute Gasteiger partial charge is 0.227 e. The lowest BCUT2D eigenvalue weighted by molar-refractivity contribution is -0.124. The first-order valence-corrected chi connectivity index (χ1v) is 7.08. The fourth-order valence-electron chi connectivity index (χ4n) is 2.49. The summed E-state index contributed by atoms with van der Waals surface area (Å²) in [7, 11) is 0. The van der Waals surface area contributed by atoms with Gasteiger partial charge in [-0.3, -0.25) is 4.79 Å². The summed E-state index contributed by atoms with van der Waals surface area (Å²) in [5.74, 6) is 0.866. The molecule has 5 heteroatoms. The van der Waals surface area contributed by atoms with Gasteiger partial charge in [0.2, 0.25) is 5.91 Å². The van der Waals surface area contributed by atoms with Crippen molar-refractivity contribution in [3.8, 4) is 11.8 Å². The topological polar surface area (TPSA) is 53.3 Å². The minimum atomic E-state index is -0.459. The number of amides is 1. The summed E-state index contributed by atoms with van der Waals surface area (Å²) in [5, 5.41) is 9.03. The quantitative estimate of drug-likeness (QED) is 0.791. The molecule has 1 fully saturated rings. The Hall–Kier alpha value is -1.80. The zero-order valence-corrected chi connectivity index (χ0v) is 11.7. The lowest BCUT2D eigenvalue weighted by atomic mass is 10.0. The second-order valence-electron chi connectivity index (χ2n) is 5.30. The Bertz CT molecular complexity index is 622. The maximum atomic E-state index is 12.0. The number of hydrogen-bond acceptors (Lipinski definition) is 4. The van der Waals surface area contributed by atoms with E-state index in [0.717, 1.165) is 23.5 Å². The summed E-state index contributed by atoms with van der Waals surface area (Å²) in [6.07, 6.45) is 3.48. The van der Waals surface area contributed by atoms with Gasteiger partial charge in [-0.2, -0.15) is 5.26 Å². The Balaban J connectivity index is 2.10. The summed E-state index contributed by atoms with van der Waals surface area (Å²) >= 11 is 1.38. The van der Waals surface area contributed by atoms with E-state index in [4.69, 9.17) is 10.00 Å². The predicted octanol–water partition coefficient (Wildman–Crippen LogP) is 2.75. The number of hydrogen-bond donors (Lipinski definition) is 0. The highest BCUT2D eigenvalue weighted by Crippen LogP contribution is 2.43. The maximum Gasteiger partial charge on any atom is 0.227 e. The van der Waals surface area contributed by atoms with Crippen LogP contribution in [0.1, 0.15) is 36.4 Å². The summed E-state index contributed by atoms with van der Waals surface area (Å²) in [5.41, 5.74) is 0.444. The van der Waals surface area contributed by atoms with Crippen LogP contribution in [-0.4, -0.2) is 23.0 Å². The summed E-state index contributed by atoms with van der Waals surface area (Å²) in [4.78, 5) is 15.3. The van der Waals surface area contributed by atoms with E-state index >= 15 is 0 Å². The lowest BCUT2D eigenvalue weighted by Gasteiger charge is -2.32. The van der Waals surface area contributed by atoms with Crippen molar-refractivity contribution in [2.75, 3.05) is 6.54 Å². The molecule has 98 valence electrons. The van der Waals surface area contributed by atoms with E-state index in [-0.39, 0.29) is 5.91 Å². The molecule has 2 aliphatic heterocycles. The van der Waals surface area contributed by atoms with Crippen LogP contribution in [0.2, 0.25) is 0 Å². The predicted molar refractivity (Wildman–Crippen MR) is 72.7 cm³/mol. The van der Waals surface area contributed by atoms with Crippen LogP contribution in [0.3, 0.4) is 0 Å². The highest BCUT2D eigenvalue weighted by atomic mass is 32.1. The molecule has 1 aromatic heterocycles. The van der Waals surface area contributed by atoms with Crippen molar-refractivity contribution in [1.29, 1.82) is 5.26 Å². The molecule has 0 bridgehead atoms. The molecular formula is C14H14N2O2S. The zero-order valence-electron chi connectivity index (χ0n) is 10.9. The average molecular weight is 274 g/mol. The van der Waals surface area contributed by atoms with Crippen LogP contribution in [0, 0.1) is 11.3 Å². The minimum absolute atomic E-state index is 0.154. The standard InChI is InChI=1S/C14H14N2O2S/c1-14(2)7-10(16-5-3-4-12(16)17)13-11(18-14)6-9(8-15)19-13/h6-7H,3-5H2,1-2H3. The van der Waals surface area contributed by atoms with Gasteiger partial charge in [0.05, 0.1) is 10.6 Å². The molecule has 1 saturated heterocycles. The molecule has 0 unspecified atom stereocenters. The molecule has 3 heterocycles. The van der Waals surface area contributed by atoms with Crippen molar-refractivity contribution in [2.24, 2.45) is 0 Å². The molecule has 1 amide bonds. The van der Waals surface area contributed by atoms with E-state index in [9.17, 15) is 4.79 Å². The third-order valence-electron chi connectivity index (χ3n) is 3.26. The van der Waals surface area contributed by atoms with Crippen LogP contribution in [-0.2, 0) is 4.79 Å². The van der Waals surface area contributed by atoms with Gasteiger partial charge in [-0.15, -0.1) is 11.3 Å². The number of carbonyl (C=O) groups is 1. The summed E-state index contributed by atoms with van der Waals surface area (Å²) in [6.45, 7) is 4.67. The number of thiophene rings is 1. The SMILES string of the molecule is CC1(C)C=C(N2CCCC2=O)c2sc(C#N)cc2O1. The number of nitrogens with zero attached hydrogens (tertiary/aromatic N) is 2. The Kier molecular flexibility index (Phi) is 2.64. The fraction of sp³-hybridized carbons (Fsp3) is 0.429. The molecule has 0 atom stereocenters. The van der Waals surface area contributed by atoms with Gasteiger partial charge in [0.25, 0.3) is 0 Å². The molecule has 4 nitrogen and oxygen atoms in total. The molecule has 3 rings (SSSR count). The van der Waals surface area contributed by atoms with E-state index in [2.05, 4.69) is 6.07 Å². The molecule has 0 radical (unpaired) electrons. The molecule has 0 aromatic carbocycles. The minimum Gasteiger partial charge on any atom is -0.482 e. The van der Waals surface area contributed by atoms with E-state index in [1.165, 1.54) is 11.3 Å². The summed E-state index contributed by atoms with van der Waals surface area (Å²) in [6, 6.07) is 3.90. The van der Waals surface area contributed by atoms with E-state index in [1.807, 2.05) is 24.8 Å². The lowest BCUT2D eigenvalue weighted by Crippen LogP contribution is -2.33. The van der Waals surface area contributed by atoms with Gasteiger partial charge in [-0.1, -0.05) is 0 Å². The monoisotopic (exact) mass is 274 g/mol. The first-order chi connectivity index (χ1) is 9.00. The van der Waals surface area contributed by atoms with Gasteiger partial charge < -0.3 is 9.64 Å². The number of carbonyl (C=O) groups excluding carboxylic acids is 1. The molecule has 19 heavy (non-hydrogen) atoms. The molecule has 0 saturated carbocycles. The fourth-order valence-corrected chi connectivity index (χ4v) is 3.40. The van der Waals surface area contributed by atoms with E-state index in [1.54, 1.807) is 6.07 Å². The number of fused-ring (bicyclic) bond motifs is 1. The molecule has 0 N–H and O–H groups in total. The van der Waals surface area contributed by atoms with Gasteiger partial charge in [-0.05, 0) is 26.3 Å². The van der Waals surface area contributed by atoms with E-state index in [0.29, 0.717) is 17.0 Å². The first-order valence-electron chi connectivity index (χ1n) is 6.27. The Morgan fingerprint density at radius 2 is 2.32 bits per heavy atom. The van der Waals surface area contributed by atoms with Crippen LogP contribution in [0.25, 0.3) is 5.70 Å². The number of nitriles is 1. The van der Waals surface area contributed by atoms with Crippen LogP contribution in [0.5, 0.6) is 5.75 Å². The van der Waals surface area contributed by atoms with Crippen molar-refractivity contribution >= 4 is 22.9 Å². The third kappa shape index (κ3) is 2.02. The van der Waals surface area contributed by atoms with E-state index < -0.39 is 5.60 Å². The maximum absolute atomic E-state index is 12.0. The molecule has 0 aliphatic carbocycles. The molecule has 1 aromatic rings. The highest BCUT2D eigenvalue weighted by molar-refractivity contribution is 7.14. The Labute approximate surface area is 115 Å². The van der Waals surface area contributed by atoms with Gasteiger partial charge in [0.1, 0.15) is 22.3 Å². The Morgan fingerprint density at radius 3 is 2.95 bits per heavy atom. The summed E-state index contributed by atoms with van der Waals surface area (Å²) < 4.78 is 5.87. The number of ether oxygens (including phenoxy) is 1. The number of likely N-dealkylation sites (tertiary alicyclic amines) is 1. The molecule has 0 spiro atoms. The first kappa shape index (κ1) is 12.2. The van der Waals surface area contributed by atoms with Crippen molar-refractivity contribution in [1.82, 2.24) is 4.90 Å². The van der Waals surface area contributed by atoms with Gasteiger partial charge in [-0.25, -0.2) is 0 Å². The van der Waals surface area contributed by atoms with Crippen LogP contribution < -0.4 is 4.74 Å². The van der Waals surface area contributed by atoms with Crippen molar-refractivity contribution in [3.63, 3.8) is 0 Å². The Morgan fingerprint density at radius 1 is 1.53 bits per heavy atom. The third-order valence-corrected chi connectivity index (χ3v) is 4.31.